The highest BCUT2D eigenvalue weighted by atomic mass is 16.1. The van der Waals surface area contributed by atoms with Crippen LogP contribution in [0.1, 0.15) is 16.1 Å². The van der Waals surface area contributed by atoms with Crippen LogP contribution in [-0.2, 0) is 0 Å². The van der Waals surface area contributed by atoms with E-state index in [2.05, 4.69) is 25.5 Å². The number of carbonyl (C=O) groups is 1. The van der Waals surface area contributed by atoms with E-state index < -0.39 is 0 Å². The third-order valence-corrected chi connectivity index (χ3v) is 3.57. The number of nitrogens with zero attached hydrogens (tertiary/aromatic N) is 6. The van der Waals surface area contributed by atoms with Gasteiger partial charge < -0.3 is 11.1 Å². The molecular formula is C16H14N8O. The summed E-state index contributed by atoms with van der Waals surface area (Å²) in [6.45, 7) is 1.84. The van der Waals surface area contributed by atoms with Crippen molar-refractivity contribution >= 4 is 23.2 Å². The van der Waals surface area contributed by atoms with Gasteiger partial charge in [0.25, 0.3) is 5.91 Å². The molecule has 0 radical (unpaired) electrons. The first-order chi connectivity index (χ1) is 12.1. The van der Waals surface area contributed by atoms with E-state index in [9.17, 15) is 4.79 Å². The van der Waals surface area contributed by atoms with Gasteiger partial charge in [0.05, 0.1) is 11.9 Å². The Hall–Kier alpha value is -3.75. The molecular weight excluding hydrogens is 320 g/mol. The zero-order chi connectivity index (χ0) is 17.4. The van der Waals surface area contributed by atoms with E-state index in [4.69, 9.17) is 5.73 Å². The summed E-state index contributed by atoms with van der Waals surface area (Å²) in [5.41, 5.74) is 7.16. The average Bonchev–Trinajstić information content (AvgIpc) is 3.18. The lowest BCUT2D eigenvalue weighted by atomic mass is 10.3. The van der Waals surface area contributed by atoms with Crippen molar-refractivity contribution in [2.75, 3.05) is 11.1 Å². The van der Waals surface area contributed by atoms with Gasteiger partial charge in [0.1, 0.15) is 17.2 Å². The Morgan fingerprint density at radius 2 is 2.16 bits per heavy atom. The molecule has 9 heteroatoms. The van der Waals surface area contributed by atoms with Crippen LogP contribution < -0.4 is 11.1 Å². The number of anilines is 2. The van der Waals surface area contributed by atoms with Crippen molar-refractivity contribution in [3.05, 3.63) is 60.2 Å². The first-order valence-corrected chi connectivity index (χ1v) is 7.51. The van der Waals surface area contributed by atoms with Gasteiger partial charge >= 0.3 is 0 Å². The Morgan fingerprint density at radius 1 is 1.28 bits per heavy atom. The number of fused-ring (bicyclic) bond motifs is 1. The average molecular weight is 334 g/mol. The number of carbonyl (C=O) groups excluding carboxylic acids is 1. The lowest BCUT2D eigenvalue weighted by molar-refractivity contribution is 0.102. The van der Waals surface area contributed by atoms with Crippen molar-refractivity contribution in [1.29, 1.82) is 0 Å². The summed E-state index contributed by atoms with van der Waals surface area (Å²) >= 11 is 0. The number of pyridine rings is 1. The maximum atomic E-state index is 12.7. The van der Waals surface area contributed by atoms with Gasteiger partial charge in [-0.1, -0.05) is 6.07 Å². The molecule has 4 aromatic rings. The number of aromatic nitrogens is 6. The van der Waals surface area contributed by atoms with Crippen molar-refractivity contribution in [3.8, 4) is 5.82 Å². The molecule has 0 fully saturated rings. The smallest absolute Gasteiger partial charge is 0.262 e. The van der Waals surface area contributed by atoms with E-state index in [1.165, 1.54) is 10.7 Å². The van der Waals surface area contributed by atoms with Crippen molar-refractivity contribution in [1.82, 2.24) is 29.4 Å². The maximum absolute atomic E-state index is 12.7. The van der Waals surface area contributed by atoms with Gasteiger partial charge in [0.2, 0.25) is 0 Å². The van der Waals surface area contributed by atoms with Crippen LogP contribution in [0.3, 0.4) is 0 Å². The third-order valence-electron chi connectivity index (χ3n) is 3.57. The van der Waals surface area contributed by atoms with Crippen LogP contribution >= 0.6 is 0 Å². The van der Waals surface area contributed by atoms with Crippen molar-refractivity contribution in [2.45, 2.75) is 6.92 Å². The van der Waals surface area contributed by atoms with Gasteiger partial charge in [-0.2, -0.15) is 14.9 Å². The van der Waals surface area contributed by atoms with Gasteiger partial charge in [-0.05, 0) is 25.1 Å². The molecule has 0 aliphatic rings. The normalized spacial score (nSPS) is 10.9. The van der Waals surface area contributed by atoms with E-state index in [0.29, 0.717) is 28.7 Å². The first-order valence-electron chi connectivity index (χ1n) is 7.51. The Balaban J connectivity index is 1.71. The molecule has 4 rings (SSSR count). The summed E-state index contributed by atoms with van der Waals surface area (Å²) in [6.07, 6.45) is 4.76. The molecule has 4 aromatic heterocycles. The highest BCUT2D eigenvalue weighted by Gasteiger charge is 2.17. The largest absolute Gasteiger partial charge is 0.384 e. The van der Waals surface area contributed by atoms with Crippen LogP contribution in [0.4, 0.5) is 11.6 Å². The molecule has 0 aliphatic carbocycles. The SMILES string of the molecule is Cc1cc(NC(=O)c2cnn3ccc(N)nc23)n(-c2ccccn2)n1. The van der Waals surface area contributed by atoms with Crippen LogP contribution in [0.5, 0.6) is 0 Å². The topological polar surface area (TPSA) is 116 Å². The number of hydrogen-bond acceptors (Lipinski definition) is 6. The lowest BCUT2D eigenvalue weighted by Gasteiger charge is -2.07. The molecule has 4 heterocycles. The Kier molecular flexibility index (Phi) is 3.38. The van der Waals surface area contributed by atoms with Crippen LogP contribution in [-0.4, -0.2) is 35.3 Å². The number of nitrogens with one attached hydrogen (secondary N) is 1. The number of aryl methyl sites for hydroxylation is 1. The first kappa shape index (κ1) is 14.8. The molecule has 9 nitrogen and oxygen atoms in total. The Labute approximate surface area is 142 Å². The van der Waals surface area contributed by atoms with Crippen LogP contribution in [0.25, 0.3) is 11.5 Å². The van der Waals surface area contributed by atoms with E-state index in [1.807, 2.05) is 19.1 Å². The number of nitrogen functional groups attached to an aromatic ring is 1. The second-order valence-corrected chi connectivity index (χ2v) is 5.40. The summed E-state index contributed by atoms with van der Waals surface area (Å²) in [5.74, 6) is 1.07. The third kappa shape index (κ3) is 2.67. The molecule has 25 heavy (non-hydrogen) atoms. The van der Waals surface area contributed by atoms with Gasteiger partial charge in [-0.15, -0.1) is 0 Å². The second kappa shape index (κ2) is 5.71. The monoisotopic (exact) mass is 334 g/mol. The Bertz CT molecular complexity index is 1070. The van der Waals surface area contributed by atoms with Gasteiger partial charge in [0.15, 0.2) is 11.5 Å². The molecule has 3 N–H and O–H groups in total. The molecule has 0 bridgehead atoms. The lowest BCUT2D eigenvalue weighted by Crippen LogP contribution is -2.15. The minimum absolute atomic E-state index is 0.316. The standard InChI is InChI=1S/C16H14N8O/c1-10-8-14(24(22-10)13-4-2-3-6-18-13)21-16(25)11-9-19-23-7-5-12(17)20-15(11)23/h2-9H,1H3,(H2,17,20)(H,21,25). The van der Waals surface area contributed by atoms with Crippen LogP contribution in [0.2, 0.25) is 0 Å². The fourth-order valence-electron chi connectivity index (χ4n) is 2.47. The Morgan fingerprint density at radius 3 is 2.96 bits per heavy atom. The zero-order valence-electron chi connectivity index (χ0n) is 13.3. The number of nitrogens with two attached hydrogens (primary N) is 1. The zero-order valence-corrected chi connectivity index (χ0v) is 13.3. The van der Waals surface area contributed by atoms with Gasteiger partial charge in [0, 0.05) is 18.5 Å². The number of rotatable bonds is 3. The molecule has 0 aliphatic heterocycles. The van der Waals surface area contributed by atoms with E-state index in [1.54, 1.807) is 35.3 Å². The number of amides is 1. The van der Waals surface area contributed by atoms with E-state index >= 15 is 0 Å². The summed E-state index contributed by atoms with van der Waals surface area (Å²) in [4.78, 5) is 21.1. The molecule has 124 valence electrons. The molecule has 0 unspecified atom stereocenters. The van der Waals surface area contributed by atoms with Gasteiger partial charge in [-0.25, -0.2) is 14.5 Å². The predicted molar refractivity (Wildman–Crippen MR) is 91.4 cm³/mol. The van der Waals surface area contributed by atoms with Crippen molar-refractivity contribution in [3.63, 3.8) is 0 Å². The molecule has 0 aromatic carbocycles. The maximum Gasteiger partial charge on any atom is 0.262 e. The summed E-state index contributed by atoms with van der Waals surface area (Å²) < 4.78 is 3.06. The van der Waals surface area contributed by atoms with Crippen molar-refractivity contribution in [2.24, 2.45) is 0 Å². The molecule has 0 spiro atoms. The molecule has 0 atom stereocenters. The second-order valence-electron chi connectivity index (χ2n) is 5.40. The fourth-order valence-corrected chi connectivity index (χ4v) is 2.47. The number of hydrogen-bond donors (Lipinski definition) is 2. The summed E-state index contributed by atoms with van der Waals surface area (Å²) in [5, 5.41) is 11.3. The molecule has 1 amide bonds. The summed E-state index contributed by atoms with van der Waals surface area (Å²) in [7, 11) is 0. The quantitative estimate of drug-likeness (QED) is 0.586. The van der Waals surface area contributed by atoms with E-state index in [0.717, 1.165) is 5.69 Å². The molecule has 0 saturated carbocycles. The highest BCUT2D eigenvalue weighted by Crippen LogP contribution is 2.17. The minimum atomic E-state index is -0.356. The van der Waals surface area contributed by atoms with Crippen LogP contribution in [0, 0.1) is 6.92 Å². The highest BCUT2D eigenvalue weighted by molar-refractivity contribution is 6.08. The molecule has 0 saturated heterocycles. The van der Waals surface area contributed by atoms with Crippen LogP contribution in [0.15, 0.2) is 48.9 Å². The summed E-state index contributed by atoms with van der Waals surface area (Å²) in [6, 6.07) is 8.84. The van der Waals surface area contributed by atoms with E-state index in [-0.39, 0.29) is 5.91 Å². The van der Waals surface area contributed by atoms with Gasteiger partial charge in [-0.3, -0.25) is 4.79 Å². The fraction of sp³-hybridized carbons (Fsp3) is 0.0625. The minimum Gasteiger partial charge on any atom is -0.384 e. The predicted octanol–water partition coefficient (Wildman–Crippen LogP) is 1.45. The van der Waals surface area contributed by atoms with Crippen molar-refractivity contribution < 1.29 is 4.79 Å².